The van der Waals surface area contributed by atoms with Gasteiger partial charge >= 0.3 is 5.97 Å². The van der Waals surface area contributed by atoms with Gasteiger partial charge in [-0.1, -0.05) is 12.1 Å². The lowest BCUT2D eigenvalue weighted by atomic mass is 9.98. The predicted octanol–water partition coefficient (Wildman–Crippen LogP) is 1.14. The van der Waals surface area contributed by atoms with Crippen molar-refractivity contribution < 1.29 is 19.1 Å². The minimum atomic E-state index is -0.499. The zero-order valence-corrected chi connectivity index (χ0v) is 11.1. The van der Waals surface area contributed by atoms with E-state index in [0.29, 0.717) is 13.1 Å². The van der Waals surface area contributed by atoms with Crippen LogP contribution in [0.5, 0.6) is 5.75 Å². The molecule has 0 bridgehead atoms. The molecule has 0 fully saturated rings. The van der Waals surface area contributed by atoms with Gasteiger partial charge in [0.05, 0.1) is 14.2 Å². The minimum Gasteiger partial charge on any atom is -0.496 e. The summed E-state index contributed by atoms with van der Waals surface area (Å²) in [5.74, 6) is 0.166. The first-order valence-corrected chi connectivity index (χ1v) is 6.15. The van der Waals surface area contributed by atoms with Crippen LogP contribution in [0.1, 0.15) is 17.5 Å². The molecule has 0 saturated heterocycles. The molecule has 0 aliphatic carbocycles. The van der Waals surface area contributed by atoms with Gasteiger partial charge in [0.25, 0.3) is 0 Å². The molecule has 1 aliphatic heterocycles. The third-order valence-corrected chi connectivity index (χ3v) is 3.32. The molecule has 5 nitrogen and oxygen atoms in total. The molecule has 0 aromatic heterocycles. The molecular weight excluding hydrogens is 246 g/mol. The maximum absolute atomic E-state index is 11.9. The van der Waals surface area contributed by atoms with E-state index >= 15 is 0 Å². The number of ether oxygens (including phenoxy) is 2. The smallest absolute Gasteiger partial charge is 0.315 e. The Kier molecular flexibility index (Phi) is 4.04. The lowest BCUT2D eigenvalue weighted by Crippen LogP contribution is -2.37. The topological polar surface area (TPSA) is 55.8 Å². The van der Waals surface area contributed by atoms with E-state index in [2.05, 4.69) is 4.74 Å². The fourth-order valence-electron chi connectivity index (χ4n) is 2.29. The van der Waals surface area contributed by atoms with Crippen LogP contribution in [0.4, 0.5) is 0 Å². The summed E-state index contributed by atoms with van der Waals surface area (Å²) in [6.45, 7) is 1.12. The average molecular weight is 263 g/mol. The van der Waals surface area contributed by atoms with Crippen LogP contribution in [-0.2, 0) is 27.3 Å². The van der Waals surface area contributed by atoms with E-state index < -0.39 is 5.97 Å². The Hall–Kier alpha value is -2.04. The second kappa shape index (κ2) is 5.73. The highest BCUT2D eigenvalue weighted by atomic mass is 16.5. The zero-order chi connectivity index (χ0) is 13.8. The highest BCUT2D eigenvalue weighted by Gasteiger charge is 2.24. The van der Waals surface area contributed by atoms with Gasteiger partial charge in [-0.25, -0.2) is 0 Å². The third-order valence-electron chi connectivity index (χ3n) is 3.32. The summed E-state index contributed by atoms with van der Waals surface area (Å²) in [4.78, 5) is 24.7. The van der Waals surface area contributed by atoms with Gasteiger partial charge in [0.2, 0.25) is 5.91 Å². The number of fused-ring (bicyclic) bond motifs is 1. The molecule has 0 spiro atoms. The highest BCUT2D eigenvalue weighted by Crippen LogP contribution is 2.27. The normalized spacial score (nSPS) is 13.7. The number of carbonyl (C=O) groups is 2. The van der Waals surface area contributed by atoms with Crippen molar-refractivity contribution in [1.29, 1.82) is 0 Å². The van der Waals surface area contributed by atoms with E-state index in [1.54, 1.807) is 12.0 Å². The van der Waals surface area contributed by atoms with E-state index in [1.165, 1.54) is 7.11 Å². The van der Waals surface area contributed by atoms with Crippen LogP contribution in [-0.4, -0.2) is 37.5 Å². The van der Waals surface area contributed by atoms with Crippen molar-refractivity contribution in [3.63, 3.8) is 0 Å². The fraction of sp³-hybridized carbons (Fsp3) is 0.429. The number of nitrogens with zero attached hydrogens (tertiary/aromatic N) is 1. The van der Waals surface area contributed by atoms with Crippen molar-refractivity contribution in [2.24, 2.45) is 0 Å². The van der Waals surface area contributed by atoms with E-state index in [9.17, 15) is 9.59 Å². The Labute approximate surface area is 112 Å². The summed E-state index contributed by atoms with van der Waals surface area (Å²) in [7, 11) is 2.93. The summed E-state index contributed by atoms with van der Waals surface area (Å²) in [6.07, 6.45) is 0.544. The second-order valence-electron chi connectivity index (χ2n) is 4.42. The number of esters is 1. The van der Waals surface area contributed by atoms with Gasteiger partial charge in [0, 0.05) is 18.7 Å². The summed E-state index contributed by atoms with van der Waals surface area (Å²) in [5, 5.41) is 0. The molecule has 1 heterocycles. The van der Waals surface area contributed by atoms with Gasteiger partial charge < -0.3 is 14.4 Å². The minimum absolute atomic E-state index is 0.194. The van der Waals surface area contributed by atoms with Crippen LogP contribution in [0.15, 0.2) is 18.2 Å². The van der Waals surface area contributed by atoms with Crippen LogP contribution in [0, 0.1) is 0 Å². The first kappa shape index (κ1) is 13.4. The Balaban J connectivity index is 2.10. The average Bonchev–Trinajstić information content (AvgIpc) is 2.45. The second-order valence-corrected chi connectivity index (χ2v) is 4.42. The molecule has 0 N–H and O–H groups in total. The van der Waals surface area contributed by atoms with Crippen LogP contribution < -0.4 is 4.74 Å². The maximum Gasteiger partial charge on any atom is 0.315 e. The molecular formula is C14H17NO4. The SMILES string of the molecule is COC(=O)CC(=O)N1CCc2c(cccc2OC)C1. The largest absolute Gasteiger partial charge is 0.496 e. The number of hydrogen-bond donors (Lipinski definition) is 0. The van der Waals surface area contributed by atoms with Crippen molar-refractivity contribution in [2.75, 3.05) is 20.8 Å². The summed E-state index contributed by atoms with van der Waals surface area (Å²) < 4.78 is 9.82. The Morgan fingerprint density at radius 1 is 1.32 bits per heavy atom. The number of benzene rings is 1. The molecule has 1 aliphatic rings. The summed E-state index contributed by atoms with van der Waals surface area (Å²) in [6, 6.07) is 5.81. The number of carbonyl (C=O) groups excluding carboxylic acids is 2. The number of hydrogen-bond acceptors (Lipinski definition) is 4. The Morgan fingerprint density at radius 3 is 2.79 bits per heavy atom. The molecule has 5 heteroatoms. The van der Waals surface area contributed by atoms with E-state index in [1.807, 2.05) is 18.2 Å². The lowest BCUT2D eigenvalue weighted by Gasteiger charge is -2.29. The summed E-state index contributed by atoms with van der Waals surface area (Å²) >= 11 is 0. The molecule has 0 radical (unpaired) electrons. The van der Waals surface area contributed by atoms with Crippen molar-refractivity contribution in [1.82, 2.24) is 4.90 Å². The van der Waals surface area contributed by atoms with E-state index in [-0.39, 0.29) is 12.3 Å². The predicted molar refractivity (Wildman–Crippen MR) is 68.7 cm³/mol. The molecule has 2 rings (SSSR count). The number of rotatable bonds is 3. The molecule has 0 unspecified atom stereocenters. The Morgan fingerprint density at radius 2 is 2.11 bits per heavy atom. The van der Waals surface area contributed by atoms with Gasteiger partial charge in [-0.3, -0.25) is 9.59 Å². The van der Waals surface area contributed by atoms with Crippen LogP contribution in [0.25, 0.3) is 0 Å². The monoisotopic (exact) mass is 263 g/mol. The van der Waals surface area contributed by atoms with Crippen LogP contribution in [0.2, 0.25) is 0 Å². The van der Waals surface area contributed by atoms with Crippen molar-refractivity contribution in [3.05, 3.63) is 29.3 Å². The Bertz CT molecular complexity index is 498. The molecule has 19 heavy (non-hydrogen) atoms. The van der Waals surface area contributed by atoms with Gasteiger partial charge in [-0.05, 0) is 18.1 Å². The maximum atomic E-state index is 11.9. The fourth-order valence-corrected chi connectivity index (χ4v) is 2.29. The summed E-state index contributed by atoms with van der Waals surface area (Å²) in [5.41, 5.74) is 2.22. The quantitative estimate of drug-likeness (QED) is 0.606. The molecule has 1 amide bonds. The van der Waals surface area contributed by atoms with Gasteiger partial charge in [0.15, 0.2) is 0 Å². The zero-order valence-electron chi connectivity index (χ0n) is 11.1. The van der Waals surface area contributed by atoms with Gasteiger partial charge in [0.1, 0.15) is 12.2 Å². The molecule has 1 aromatic carbocycles. The van der Waals surface area contributed by atoms with Crippen molar-refractivity contribution in [3.8, 4) is 5.75 Å². The van der Waals surface area contributed by atoms with E-state index in [0.717, 1.165) is 23.3 Å². The van der Waals surface area contributed by atoms with Gasteiger partial charge in [-0.15, -0.1) is 0 Å². The lowest BCUT2D eigenvalue weighted by molar-refractivity contribution is -0.147. The van der Waals surface area contributed by atoms with Crippen molar-refractivity contribution >= 4 is 11.9 Å². The van der Waals surface area contributed by atoms with Gasteiger partial charge in [-0.2, -0.15) is 0 Å². The van der Waals surface area contributed by atoms with Crippen LogP contribution >= 0.6 is 0 Å². The molecule has 0 atom stereocenters. The molecule has 102 valence electrons. The first-order chi connectivity index (χ1) is 9.15. The highest BCUT2D eigenvalue weighted by molar-refractivity contribution is 5.94. The standard InChI is InChI=1S/C14H17NO4/c1-18-12-5-3-4-10-9-15(7-6-11(10)12)13(16)8-14(17)19-2/h3-5H,6-9H2,1-2H3. The molecule has 0 saturated carbocycles. The van der Waals surface area contributed by atoms with Crippen LogP contribution in [0.3, 0.4) is 0 Å². The third kappa shape index (κ3) is 2.86. The van der Waals surface area contributed by atoms with Crippen molar-refractivity contribution in [2.45, 2.75) is 19.4 Å². The number of methoxy groups -OCH3 is 2. The number of amides is 1. The molecule has 1 aromatic rings. The van der Waals surface area contributed by atoms with E-state index in [4.69, 9.17) is 4.74 Å². The first-order valence-electron chi connectivity index (χ1n) is 6.15.